The zero-order chi connectivity index (χ0) is 45.9. The predicted octanol–water partition coefficient (Wildman–Crippen LogP) is 18.0. The van der Waals surface area contributed by atoms with Crippen molar-refractivity contribution in [2.24, 2.45) is 0 Å². The highest BCUT2D eigenvalue weighted by molar-refractivity contribution is 6.10. The summed E-state index contributed by atoms with van der Waals surface area (Å²) in [5.74, 6) is 0. The Morgan fingerprint density at radius 3 is 1.38 bits per heavy atom. The van der Waals surface area contributed by atoms with Gasteiger partial charge in [-0.15, -0.1) is 0 Å². The van der Waals surface area contributed by atoms with Crippen LogP contribution >= 0.6 is 0 Å². The first kappa shape index (κ1) is 40.3. The Morgan fingerprint density at radius 1 is 0.338 bits per heavy atom. The molecule has 0 saturated carbocycles. The molecule has 68 heavy (non-hydrogen) atoms. The van der Waals surface area contributed by atoms with Crippen molar-refractivity contribution in [3.05, 3.63) is 245 Å². The van der Waals surface area contributed by atoms with Gasteiger partial charge < -0.3 is 4.57 Å². The lowest BCUT2D eigenvalue weighted by Gasteiger charge is -2.24. The predicted molar refractivity (Wildman–Crippen MR) is 290 cm³/mol. The molecule has 1 nitrogen and oxygen atoms in total. The summed E-state index contributed by atoms with van der Waals surface area (Å²) in [5.41, 5.74) is 25.7. The topological polar surface area (TPSA) is 4.93 Å². The van der Waals surface area contributed by atoms with E-state index in [0.29, 0.717) is 0 Å². The molecule has 0 fully saturated rings. The lowest BCUT2D eigenvalue weighted by molar-refractivity contribution is 0.652. The maximum Gasteiger partial charge on any atom is 0.0541 e. The van der Waals surface area contributed by atoms with E-state index in [1.807, 2.05) is 0 Å². The molecular formula is C67H51N. The fourth-order valence-electron chi connectivity index (χ4n) is 11.6. The molecule has 0 N–H and O–H groups in total. The zero-order valence-electron chi connectivity index (χ0n) is 39.2. The number of hydrogen-bond acceptors (Lipinski definition) is 0. The minimum Gasteiger partial charge on any atom is -0.309 e. The number of rotatable bonds is 6. The van der Waals surface area contributed by atoms with Gasteiger partial charge in [0.2, 0.25) is 0 Å². The number of hydrogen-bond donors (Lipinski definition) is 0. The van der Waals surface area contributed by atoms with Gasteiger partial charge in [-0.2, -0.15) is 0 Å². The van der Waals surface area contributed by atoms with E-state index in [4.69, 9.17) is 0 Å². The Bertz CT molecular complexity index is 3870. The van der Waals surface area contributed by atoms with E-state index in [1.165, 1.54) is 133 Å². The van der Waals surface area contributed by atoms with Crippen molar-refractivity contribution in [2.45, 2.75) is 45.4 Å². The van der Waals surface area contributed by atoms with Gasteiger partial charge in [-0.25, -0.2) is 0 Å². The molecule has 0 radical (unpaired) electrons. The molecule has 11 aromatic rings. The molecule has 1 heteroatoms. The standard InChI is InChI=1S/C67H51N/c1-42-14-22-46(23-15-42)51-29-33-54-57-40-63-58(41-62(57)66(2,3)60(54)38-51)55-34-30-52(39-61(55)67(63,4)5)48-26-20-44(21-27-48)17-16-43-18-24-47(25-19-43)50-31-35-65-59(37-50)56-12-8-9-13-64(56)68(65)53-32-28-45-10-6-7-11-49(45)36-53/h6-41H,1-5H3. The zero-order valence-corrected chi connectivity index (χ0v) is 39.2. The Hall–Kier alpha value is -8.00. The molecule has 0 atom stereocenters. The molecule has 0 amide bonds. The summed E-state index contributed by atoms with van der Waals surface area (Å²) < 4.78 is 2.40. The summed E-state index contributed by atoms with van der Waals surface area (Å²) in [6.07, 6.45) is 4.44. The summed E-state index contributed by atoms with van der Waals surface area (Å²) in [4.78, 5) is 0. The van der Waals surface area contributed by atoms with Gasteiger partial charge in [-0.05, 0) is 161 Å². The van der Waals surface area contributed by atoms with Gasteiger partial charge in [-0.1, -0.05) is 197 Å². The second kappa shape index (κ2) is 15.0. The average Bonchev–Trinajstić information content (AvgIpc) is 3.91. The van der Waals surface area contributed by atoms with Crippen molar-refractivity contribution in [2.75, 3.05) is 0 Å². The minimum atomic E-state index is -0.117. The maximum absolute atomic E-state index is 2.52. The number of para-hydroxylation sites is 1. The summed E-state index contributed by atoms with van der Waals surface area (Å²) in [5, 5.41) is 5.03. The van der Waals surface area contributed by atoms with Crippen LogP contribution in [0.3, 0.4) is 0 Å². The van der Waals surface area contributed by atoms with E-state index < -0.39 is 0 Å². The molecular weight excluding hydrogens is 819 g/mol. The second-order valence-electron chi connectivity index (χ2n) is 20.3. The first-order chi connectivity index (χ1) is 33.1. The van der Waals surface area contributed by atoms with Gasteiger partial charge in [0.15, 0.2) is 0 Å². The summed E-state index contributed by atoms with van der Waals surface area (Å²) in [6.45, 7) is 11.8. The quantitative estimate of drug-likeness (QED) is 0.147. The number of aryl methyl sites for hydroxylation is 1. The molecule has 0 saturated heterocycles. The average molecular weight is 870 g/mol. The van der Waals surface area contributed by atoms with Crippen molar-refractivity contribution in [1.82, 2.24) is 4.57 Å². The van der Waals surface area contributed by atoms with Crippen LogP contribution in [0.4, 0.5) is 0 Å². The third kappa shape index (κ3) is 6.30. The number of benzene rings is 10. The summed E-state index contributed by atoms with van der Waals surface area (Å²) >= 11 is 0. The van der Waals surface area contributed by atoms with Gasteiger partial charge in [0.25, 0.3) is 0 Å². The smallest absolute Gasteiger partial charge is 0.0541 e. The van der Waals surface area contributed by atoms with E-state index in [2.05, 4.69) is 258 Å². The number of aromatic nitrogens is 1. The van der Waals surface area contributed by atoms with Crippen molar-refractivity contribution in [1.29, 1.82) is 0 Å². The van der Waals surface area contributed by atoms with Crippen molar-refractivity contribution < 1.29 is 0 Å². The first-order valence-electron chi connectivity index (χ1n) is 24.1. The molecule has 2 aliphatic rings. The fourth-order valence-corrected chi connectivity index (χ4v) is 11.6. The van der Waals surface area contributed by atoms with Gasteiger partial charge in [0, 0.05) is 27.3 Å². The largest absolute Gasteiger partial charge is 0.309 e. The lowest BCUT2D eigenvalue weighted by Crippen LogP contribution is -2.17. The van der Waals surface area contributed by atoms with Crippen LogP contribution in [0.5, 0.6) is 0 Å². The summed E-state index contributed by atoms with van der Waals surface area (Å²) in [7, 11) is 0. The van der Waals surface area contributed by atoms with Crippen LogP contribution in [-0.2, 0) is 10.8 Å². The molecule has 0 unspecified atom stereocenters. The van der Waals surface area contributed by atoms with Crippen LogP contribution in [-0.4, -0.2) is 4.57 Å². The van der Waals surface area contributed by atoms with E-state index in [1.54, 1.807) is 0 Å². The SMILES string of the molecule is Cc1ccc(-c2ccc3c(c2)C(C)(C)c2cc4c(cc2-3)C(C)(C)c2cc(-c3ccc(C=Cc5ccc(-c6ccc7c(c6)c6ccccc6n7-c6ccc7ccccc7c6)cc5)cc3)ccc2-4)cc1. The molecule has 0 spiro atoms. The first-order valence-corrected chi connectivity index (χ1v) is 24.1. The fraction of sp³-hybridized carbons (Fsp3) is 0.104. The summed E-state index contributed by atoms with van der Waals surface area (Å²) in [6, 6.07) is 77.2. The van der Waals surface area contributed by atoms with Crippen molar-refractivity contribution in [3.63, 3.8) is 0 Å². The molecule has 1 aromatic heterocycles. The van der Waals surface area contributed by atoms with Gasteiger partial charge in [-0.3, -0.25) is 0 Å². The Balaban J connectivity index is 0.738. The highest BCUT2D eigenvalue weighted by Gasteiger charge is 2.42. The molecule has 0 aliphatic heterocycles. The Labute approximate surface area is 399 Å². The minimum absolute atomic E-state index is 0.0905. The number of nitrogens with zero attached hydrogens (tertiary/aromatic N) is 1. The van der Waals surface area contributed by atoms with Crippen LogP contribution in [0.25, 0.3) is 106 Å². The maximum atomic E-state index is 2.52. The third-order valence-electron chi connectivity index (χ3n) is 15.5. The van der Waals surface area contributed by atoms with Crippen molar-refractivity contribution >= 4 is 44.7 Å². The molecule has 0 bridgehead atoms. The van der Waals surface area contributed by atoms with Gasteiger partial charge in [0.05, 0.1) is 11.0 Å². The van der Waals surface area contributed by atoms with E-state index in [9.17, 15) is 0 Å². The van der Waals surface area contributed by atoms with Crippen LogP contribution in [0, 0.1) is 6.92 Å². The second-order valence-corrected chi connectivity index (χ2v) is 20.3. The molecule has 1 heterocycles. The molecule has 2 aliphatic carbocycles. The lowest BCUT2D eigenvalue weighted by atomic mass is 9.79. The van der Waals surface area contributed by atoms with Crippen molar-refractivity contribution in [3.8, 4) is 61.3 Å². The van der Waals surface area contributed by atoms with E-state index in [0.717, 1.165) is 0 Å². The van der Waals surface area contributed by atoms with Crippen LogP contribution < -0.4 is 0 Å². The Morgan fingerprint density at radius 2 is 0.794 bits per heavy atom. The normalized spacial score (nSPS) is 14.1. The van der Waals surface area contributed by atoms with Crippen LogP contribution in [0.15, 0.2) is 206 Å². The molecule has 324 valence electrons. The van der Waals surface area contributed by atoms with Crippen LogP contribution in [0.1, 0.15) is 66.6 Å². The van der Waals surface area contributed by atoms with Gasteiger partial charge in [0.1, 0.15) is 0 Å². The highest BCUT2D eigenvalue weighted by atomic mass is 15.0. The van der Waals surface area contributed by atoms with E-state index in [-0.39, 0.29) is 10.8 Å². The number of fused-ring (bicyclic) bond motifs is 10. The van der Waals surface area contributed by atoms with Crippen LogP contribution in [0.2, 0.25) is 0 Å². The monoisotopic (exact) mass is 869 g/mol. The Kier molecular flexibility index (Phi) is 8.89. The van der Waals surface area contributed by atoms with E-state index >= 15 is 0 Å². The highest BCUT2D eigenvalue weighted by Crippen LogP contribution is 2.57. The van der Waals surface area contributed by atoms with Gasteiger partial charge >= 0.3 is 0 Å². The molecule has 10 aromatic carbocycles. The molecule has 13 rings (SSSR count). The third-order valence-corrected chi connectivity index (χ3v) is 15.5.